The van der Waals surface area contributed by atoms with Crippen LogP contribution in [0.2, 0.25) is 0 Å². The van der Waals surface area contributed by atoms with Crippen LogP contribution in [0.4, 0.5) is 0 Å². The summed E-state index contributed by atoms with van der Waals surface area (Å²) in [5.74, 6) is 0. The van der Waals surface area contributed by atoms with Gasteiger partial charge in [-0.2, -0.15) is 0 Å². The molecule has 0 amide bonds. The van der Waals surface area contributed by atoms with Crippen LogP contribution in [0.15, 0.2) is 30.3 Å². The van der Waals surface area contributed by atoms with Crippen LogP contribution in [0.5, 0.6) is 0 Å². The summed E-state index contributed by atoms with van der Waals surface area (Å²) in [5.41, 5.74) is 2.51. The van der Waals surface area contributed by atoms with E-state index >= 15 is 0 Å². The van der Waals surface area contributed by atoms with Crippen molar-refractivity contribution in [2.45, 2.75) is 26.8 Å². The van der Waals surface area contributed by atoms with Gasteiger partial charge in [0.15, 0.2) is 0 Å². The highest BCUT2D eigenvalue weighted by Gasteiger charge is 2.02. The fourth-order valence-electron chi connectivity index (χ4n) is 1.67. The van der Waals surface area contributed by atoms with Crippen molar-refractivity contribution in [3.8, 4) is 0 Å². The van der Waals surface area contributed by atoms with E-state index in [9.17, 15) is 0 Å². The number of aryl methyl sites for hydroxylation is 2. The maximum absolute atomic E-state index is 4.53. The topological polar surface area (TPSA) is 24.9 Å². The molecule has 2 aromatic rings. The minimum Gasteiger partial charge on any atom is -0.312 e. The molecule has 0 spiro atoms. The monoisotopic (exact) mass is 246 g/mol. The number of thiazole rings is 1. The van der Waals surface area contributed by atoms with Crippen LogP contribution in [0, 0.1) is 13.8 Å². The van der Waals surface area contributed by atoms with Gasteiger partial charge in [-0.25, -0.2) is 4.98 Å². The van der Waals surface area contributed by atoms with Crippen molar-refractivity contribution < 1.29 is 0 Å². The van der Waals surface area contributed by atoms with Crippen LogP contribution < -0.4 is 5.32 Å². The number of nitrogens with zero attached hydrogens (tertiary/aromatic N) is 1. The molecule has 0 saturated carbocycles. The number of benzene rings is 1. The van der Waals surface area contributed by atoms with Gasteiger partial charge < -0.3 is 5.32 Å². The third kappa shape index (κ3) is 3.65. The molecular formula is C14H18N2S. The molecule has 0 radical (unpaired) electrons. The zero-order chi connectivity index (χ0) is 12.1. The minimum absolute atomic E-state index is 0.935. The molecule has 3 heteroatoms. The molecule has 0 atom stereocenters. The predicted octanol–water partition coefficient (Wildman–Crippen LogP) is 3.09. The van der Waals surface area contributed by atoms with Gasteiger partial charge in [-0.1, -0.05) is 30.3 Å². The Labute approximate surface area is 107 Å². The lowest BCUT2D eigenvalue weighted by molar-refractivity contribution is 0.685. The van der Waals surface area contributed by atoms with E-state index in [0.717, 1.165) is 19.5 Å². The SMILES string of the molecule is Cc1nc(CCNCc2ccccc2)sc1C. The minimum atomic E-state index is 0.935. The summed E-state index contributed by atoms with van der Waals surface area (Å²) in [6, 6.07) is 10.5. The van der Waals surface area contributed by atoms with Gasteiger partial charge in [-0.15, -0.1) is 11.3 Å². The van der Waals surface area contributed by atoms with E-state index < -0.39 is 0 Å². The molecule has 1 N–H and O–H groups in total. The van der Waals surface area contributed by atoms with Gasteiger partial charge in [0.05, 0.1) is 10.7 Å². The Balaban J connectivity index is 1.73. The van der Waals surface area contributed by atoms with Crippen LogP contribution in [-0.2, 0) is 13.0 Å². The maximum atomic E-state index is 4.53. The zero-order valence-corrected chi connectivity index (χ0v) is 11.2. The summed E-state index contributed by atoms with van der Waals surface area (Å²) in [5, 5.41) is 4.68. The molecule has 90 valence electrons. The average Bonchev–Trinajstić information content (AvgIpc) is 2.66. The van der Waals surface area contributed by atoms with E-state index in [0.29, 0.717) is 0 Å². The van der Waals surface area contributed by atoms with E-state index in [4.69, 9.17) is 0 Å². The van der Waals surface area contributed by atoms with Crippen LogP contribution >= 0.6 is 11.3 Å². The second-order valence-electron chi connectivity index (χ2n) is 4.16. The first-order chi connectivity index (χ1) is 8.25. The fraction of sp³-hybridized carbons (Fsp3) is 0.357. The molecule has 1 aromatic carbocycles. The molecule has 0 aliphatic carbocycles. The standard InChI is InChI=1S/C14H18N2S/c1-11-12(2)17-14(16-11)8-9-15-10-13-6-4-3-5-7-13/h3-7,15H,8-10H2,1-2H3. The highest BCUT2D eigenvalue weighted by Crippen LogP contribution is 2.16. The van der Waals surface area contributed by atoms with Crippen molar-refractivity contribution in [3.05, 3.63) is 51.5 Å². The Bertz CT molecular complexity index is 443. The summed E-state index contributed by atoms with van der Waals surface area (Å²) in [7, 11) is 0. The van der Waals surface area contributed by atoms with E-state index in [1.807, 2.05) is 17.4 Å². The molecule has 1 heterocycles. The second-order valence-corrected chi connectivity index (χ2v) is 5.45. The highest BCUT2D eigenvalue weighted by molar-refractivity contribution is 7.11. The van der Waals surface area contributed by atoms with Gasteiger partial charge in [0.25, 0.3) is 0 Å². The molecule has 0 unspecified atom stereocenters. The summed E-state index contributed by atoms with van der Waals surface area (Å²) in [4.78, 5) is 5.87. The van der Waals surface area contributed by atoms with E-state index in [-0.39, 0.29) is 0 Å². The predicted molar refractivity (Wildman–Crippen MR) is 73.4 cm³/mol. The number of rotatable bonds is 5. The molecule has 0 aliphatic rings. The lowest BCUT2D eigenvalue weighted by Gasteiger charge is -2.02. The molecule has 0 bridgehead atoms. The molecule has 0 aliphatic heterocycles. The van der Waals surface area contributed by atoms with E-state index in [1.165, 1.54) is 21.1 Å². The largest absolute Gasteiger partial charge is 0.312 e. The zero-order valence-electron chi connectivity index (χ0n) is 10.4. The van der Waals surface area contributed by atoms with E-state index in [1.54, 1.807) is 0 Å². The highest BCUT2D eigenvalue weighted by atomic mass is 32.1. The molecule has 2 rings (SSSR count). The average molecular weight is 246 g/mol. The summed E-state index contributed by atoms with van der Waals surface area (Å²) >= 11 is 1.81. The smallest absolute Gasteiger partial charge is 0.0943 e. The maximum Gasteiger partial charge on any atom is 0.0943 e. The Kier molecular flexibility index (Phi) is 4.29. The number of hydrogen-bond acceptors (Lipinski definition) is 3. The molecule has 2 nitrogen and oxygen atoms in total. The Hall–Kier alpha value is -1.19. The normalized spacial score (nSPS) is 10.7. The summed E-state index contributed by atoms with van der Waals surface area (Å²) in [6.45, 7) is 6.13. The quantitative estimate of drug-likeness (QED) is 0.820. The van der Waals surface area contributed by atoms with Gasteiger partial charge >= 0.3 is 0 Å². The van der Waals surface area contributed by atoms with Gasteiger partial charge in [0, 0.05) is 24.4 Å². The van der Waals surface area contributed by atoms with Gasteiger partial charge in [-0.05, 0) is 19.4 Å². The van der Waals surface area contributed by atoms with Crippen LogP contribution in [0.25, 0.3) is 0 Å². The Morgan fingerprint density at radius 2 is 1.94 bits per heavy atom. The number of nitrogens with one attached hydrogen (secondary N) is 1. The van der Waals surface area contributed by atoms with Crippen LogP contribution in [0.3, 0.4) is 0 Å². The van der Waals surface area contributed by atoms with E-state index in [2.05, 4.69) is 48.4 Å². The van der Waals surface area contributed by atoms with Crippen molar-refractivity contribution in [1.29, 1.82) is 0 Å². The lowest BCUT2D eigenvalue weighted by atomic mass is 10.2. The second kappa shape index (κ2) is 5.94. The molecule has 0 saturated heterocycles. The number of hydrogen-bond donors (Lipinski definition) is 1. The summed E-state index contributed by atoms with van der Waals surface area (Å²) in [6.07, 6.45) is 1.02. The Morgan fingerprint density at radius 3 is 2.59 bits per heavy atom. The number of aromatic nitrogens is 1. The Morgan fingerprint density at radius 1 is 1.18 bits per heavy atom. The molecule has 17 heavy (non-hydrogen) atoms. The molecule has 1 aromatic heterocycles. The van der Waals surface area contributed by atoms with Gasteiger partial charge in [-0.3, -0.25) is 0 Å². The first-order valence-corrected chi connectivity index (χ1v) is 6.75. The van der Waals surface area contributed by atoms with Crippen molar-refractivity contribution in [2.75, 3.05) is 6.54 Å². The van der Waals surface area contributed by atoms with Crippen LogP contribution in [-0.4, -0.2) is 11.5 Å². The van der Waals surface area contributed by atoms with Crippen molar-refractivity contribution in [3.63, 3.8) is 0 Å². The third-order valence-electron chi connectivity index (χ3n) is 2.76. The lowest BCUT2D eigenvalue weighted by Crippen LogP contribution is -2.16. The van der Waals surface area contributed by atoms with Gasteiger partial charge in [0.2, 0.25) is 0 Å². The molecule has 0 fully saturated rings. The first kappa shape index (κ1) is 12.3. The van der Waals surface area contributed by atoms with Crippen molar-refractivity contribution in [1.82, 2.24) is 10.3 Å². The third-order valence-corrected chi connectivity index (χ3v) is 3.89. The van der Waals surface area contributed by atoms with Crippen molar-refractivity contribution in [2.24, 2.45) is 0 Å². The first-order valence-electron chi connectivity index (χ1n) is 5.93. The molecular weight excluding hydrogens is 228 g/mol. The summed E-state index contributed by atoms with van der Waals surface area (Å²) < 4.78 is 0. The van der Waals surface area contributed by atoms with Crippen molar-refractivity contribution >= 4 is 11.3 Å². The fourth-order valence-corrected chi connectivity index (χ4v) is 2.60. The van der Waals surface area contributed by atoms with Gasteiger partial charge in [0.1, 0.15) is 0 Å². The van der Waals surface area contributed by atoms with Crippen LogP contribution in [0.1, 0.15) is 21.1 Å².